The van der Waals surface area contributed by atoms with Gasteiger partial charge in [0.15, 0.2) is 5.13 Å². The van der Waals surface area contributed by atoms with Crippen molar-refractivity contribution in [3.63, 3.8) is 0 Å². The van der Waals surface area contributed by atoms with Crippen LogP contribution in [0.1, 0.15) is 22.7 Å². The first-order valence-corrected chi connectivity index (χ1v) is 10.0. The van der Waals surface area contributed by atoms with Gasteiger partial charge in [0.2, 0.25) is 5.76 Å². The molecule has 1 aliphatic heterocycles. The summed E-state index contributed by atoms with van der Waals surface area (Å²) in [5, 5.41) is 4.34. The van der Waals surface area contributed by atoms with E-state index in [0.29, 0.717) is 27.6 Å². The highest BCUT2D eigenvalue weighted by Gasteiger charge is 2.25. The fourth-order valence-corrected chi connectivity index (χ4v) is 4.18. The summed E-state index contributed by atoms with van der Waals surface area (Å²) in [5.74, 6) is -0.435. The number of amides is 1. The zero-order valence-corrected chi connectivity index (χ0v) is 16.4. The zero-order chi connectivity index (χ0) is 19.5. The maximum Gasteiger partial charge on any atom is 0.298 e. The lowest BCUT2D eigenvalue weighted by Crippen LogP contribution is -2.39. The molecule has 3 heterocycles. The molecule has 7 nitrogen and oxygen atoms in total. The van der Waals surface area contributed by atoms with E-state index in [1.807, 2.05) is 0 Å². The highest BCUT2D eigenvalue weighted by atomic mass is 32.1. The van der Waals surface area contributed by atoms with Crippen molar-refractivity contribution in [1.82, 2.24) is 15.0 Å². The average Bonchev–Trinajstić information content (AvgIpc) is 3.31. The molecule has 2 aromatic heterocycles. The number of rotatable bonds is 6. The second-order valence-corrected chi connectivity index (χ2v) is 7.71. The van der Waals surface area contributed by atoms with Gasteiger partial charge in [-0.05, 0) is 31.5 Å². The molecule has 1 saturated heterocycles. The fourth-order valence-electron chi connectivity index (χ4n) is 3.16. The number of carbonyl (C=O) groups is 1. The number of hydrogen-bond acceptors (Lipinski definition) is 7. The molecule has 0 spiro atoms. The average molecular weight is 404 g/mol. The summed E-state index contributed by atoms with van der Waals surface area (Å²) in [7, 11) is 0. The van der Waals surface area contributed by atoms with Crippen LogP contribution in [0.15, 0.2) is 28.8 Å². The number of anilines is 1. The minimum Gasteiger partial charge on any atom is -0.379 e. The van der Waals surface area contributed by atoms with E-state index in [4.69, 9.17) is 9.26 Å². The normalized spacial score (nSPS) is 15.2. The molecule has 0 unspecified atom stereocenters. The maximum atomic E-state index is 13.5. The summed E-state index contributed by atoms with van der Waals surface area (Å²) in [6, 6.07) is 6.05. The van der Waals surface area contributed by atoms with Crippen LogP contribution in [0.25, 0.3) is 10.2 Å². The van der Waals surface area contributed by atoms with Gasteiger partial charge in [0, 0.05) is 32.2 Å². The summed E-state index contributed by atoms with van der Waals surface area (Å²) in [6.45, 7) is 6.39. The van der Waals surface area contributed by atoms with Crippen molar-refractivity contribution in [2.24, 2.45) is 0 Å². The molecule has 1 amide bonds. The molecule has 0 bridgehead atoms. The van der Waals surface area contributed by atoms with Gasteiger partial charge >= 0.3 is 0 Å². The standard InChI is InChI=1S/C19H21FN4O3S/c1-13-11-16(27-22-13)18(25)24(6-2-5-23-7-9-26-10-8-23)19-21-15-4-3-14(20)12-17(15)28-19/h3-4,11-12H,2,5-10H2,1H3. The molecular weight excluding hydrogens is 383 g/mol. The van der Waals surface area contributed by atoms with E-state index in [1.54, 1.807) is 24.0 Å². The van der Waals surface area contributed by atoms with Gasteiger partial charge in [0.25, 0.3) is 5.91 Å². The van der Waals surface area contributed by atoms with Gasteiger partial charge in [-0.1, -0.05) is 16.5 Å². The van der Waals surface area contributed by atoms with Gasteiger partial charge in [-0.25, -0.2) is 9.37 Å². The lowest BCUT2D eigenvalue weighted by Gasteiger charge is -2.27. The molecule has 0 N–H and O–H groups in total. The number of nitrogens with zero attached hydrogens (tertiary/aromatic N) is 4. The molecule has 9 heteroatoms. The molecule has 0 atom stereocenters. The van der Waals surface area contributed by atoms with Crippen LogP contribution in [0.5, 0.6) is 0 Å². The number of ether oxygens (including phenoxy) is 1. The maximum absolute atomic E-state index is 13.5. The predicted octanol–water partition coefficient (Wildman–Crippen LogP) is 3.10. The summed E-state index contributed by atoms with van der Waals surface area (Å²) < 4.78 is 24.8. The molecule has 148 valence electrons. The topological polar surface area (TPSA) is 71.7 Å². The third kappa shape index (κ3) is 4.21. The first kappa shape index (κ1) is 19.0. The first-order chi connectivity index (χ1) is 13.6. The van der Waals surface area contributed by atoms with Crippen LogP contribution in [-0.2, 0) is 4.74 Å². The Hall–Kier alpha value is -2.36. The van der Waals surface area contributed by atoms with Crippen LogP contribution in [0, 0.1) is 12.7 Å². The Bertz CT molecular complexity index is 967. The molecule has 1 aliphatic rings. The van der Waals surface area contributed by atoms with E-state index in [9.17, 15) is 9.18 Å². The Morgan fingerprint density at radius 2 is 2.14 bits per heavy atom. The summed E-state index contributed by atoms with van der Waals surface area (Å²) in [4.78, 5) is 21.5. The summed E-state index contributed by atoms with van der Waals surface area (Å²) in [5.41, 5.74) is 1.31. The van der Waals surface area contributed by atoms with Crippen LogP contribution in [0.4, 0.5) is 9.52 Å². The minimum atomic E-state index is -0.321. The summed E-state index contributed by atoms with van der Waals surface area (Å²) >= 11 is 1.29. The SMILES string of the molecule is Cc1cc(C(=O)N(CCCN2CCOCC2)c2nc3ccc(F)cc3s2)on1. The molecule has 1 fully saturated rings. The van der Waals surface area contributed by atoms with Crippen LogP contribution in [0.3, 0.4) is 0 Å². The quantitative estimate of drug-likeness (QED) is 0.629. The van der Waals surface area contributed by atoms with Crippen molar-refractivity contribution in [1.29, 1.82) is 0 Å². The Labute approximate surface area is 165 Å². The number of fused-ring (bicyclic) bond motifs is 1. The lowest BCUT2D eigenvalue weighted by atomic mass is 10.3. The highest BCUT2D eigenvalue weighted by Crippen LogP contribution is 2.30. The molecule has 4 rings (SSSR count). The zero-order valence-electron chi connectivity index (χ0n) is 15.6. The van der Waals surface area contributed by atoms with Crippen molar-refractivity contribution in [3.05, 3.63) is 41.5 Å². The van der Waals surface area contributed by atoms with Gasteiger partial charge < -0.3 is 9.26 Å². The summed E-state index contributed by atoms with van der Waals surface area (Å²) in [6.07, 6.45) is 0.781. The first-order valence-electron chi connectivity index (χ1n) is 9.21. The van der Waals surface area contributed by atoms with E-state index in [1.165, 1.54) is 23.5 Å². The number of morpholine rings is 1. The third-order valence-electron chi connectivity index (χ3n) is 4.61. The predicted molar refractivity (Wildman–Crippen MR) is 104 cm³/mol. The lowest BCUT2D eigenvalue weighted by molar-refractivity contribution is 0.0376. The minimum absolute atomic E-state index is 0.175. The monoisotopic (exact) mass is 404 g/mol. The molecule has 0 saturated carbocycles. The van der Waals surface area contributed by atoms with E-state index in [-0.39, 0.29) is 17.5 Å². The third-order valence-corrected chi connectivity index (χ3v) is 5.65. The molecule has 1 aromatic carbocycles. The van der Waals surface area contributed by atoms with Crippen LogP contribution < -0.4 is 4.90 Å². The number of thiazole rings is 1. The van der Waals surface area contributed by atoms with E-state index < -0.39 is 0 Å². The number of aromatic nitrogens is 2. The molecule has 0 radical (unpaired) electrons. The number of aryl methyl sites for hydroxylation is 1. The van der Waals surface area contributed by atoms with Crippen molar-refractivity contribution in [3.8, 4) is 0 Å². The number of carbonyl (C=O) groups excluding carboxylic acids is 1. The Morgan fingerprint density at radius 3 is 2.89 bits per heavy atom. The van der Waals surface area contributed by atoms with E-state index >= 15 is 0 Å². The molecular formula is C19H21FN4O3S. The van der Waals surface area contributed by atoms with Gasteiger partial charge in [0.1, 0.15) is 5.82 Å². The fraction of sp³-hybridized carbons (Fsp3) is 0.421. The molecule has 0 aliphatic carbocycles. The van der Waals surface area contributed by atoms with Crippen LogP contribution in [-0.4, -0.2) is 60.3 Å². The Balaban J connectivity index is 1.55. The van der Waals surface area contributed by atoms with Gasteiger partial charge in [-0.15, -0.1) is 0 Å². The van der Waals surface area contributed by atoms with Crippen LogP contribution in [0.2, 0.25) is 0 Å². The van der Waals surface area contributed by atoms with Crippen molar-refractivity contribution in [2.75, 3.05) is 44.3 Å². The largest absolute Gasteiger partial charge is 0.379 e. The Morgan fingerprint density at radius 1 is 1.32 bits per heavy atom. The second kappa shape index (κ2) is 8.34. The van der Waals surface area contributed by atoms with Crippen LogP contribution >= 0.6 is 11.3 Å². The second-order valence-electron chi connectivity index (χ2n) is 6.71. The van der Waals surface area contributed by atoms with Gasteiger partial charge in [0.05, 0.1) is 29.1 Å². The van der Waals surface area contributed by atoms with E-state index in [2.05, 4.69) is 15.0 Å². The Kier molecular flexibility index (Phi) is 5.65. The van der Waals surface area contributed by atoms with Crippen molar-refractivity contribution >= 4 is 32.6 Å². The highest BCUT2D eigenvalue weighted by molar-refractivity contribution is 7.22. The van der Waals surface area contributed by atoms with E-state index in [0.717, 1.165) is 39.3 Å². The number of halogens is 1. The van der Waals surface area contributed by atoms with Crippen molar-refractivity contribution < 1.29 is 18.4 Å². The van der Waals surface area contributed by atoms with Crippen molar-refractivity contribution in [2.45, 2.75) is 13.3 Å². The molecule has 28 heavy (non-hydrogen) atoms. The number of benzene rings is 1. The van der Waals surface area contributed by atoms with Gasteiger partial charge in [-0.3, -0.25) is 14.6 Å². The smallest absolute Gasteiger partial charge is 0.298 e. The van der Waals surface area contributed by atoms with Gasteiger partial charge in [-0.2, -0.15) is 0 Å². The number of hydrogen-bond donors (Lipinski definition) is 0. The molecule has 3 aromatic rings.